The minimum Gasteiger partial charge on any atom is -0.490 e. The highest BCUT2D eigenvalue weighted by atomic mass is 16.5. The Kier molecular flexibility index (Phi) is 4.80. The van der Waals surface area contributed by atoms with Gasteiger partial charge in [-0.25, -0.2) is 4.68 Å². The summed E-state index contributed by atoms with van der Waals surface area (Å²) in [5.74, 6) is -0.336. The smallest absolute Gasteiger partial charge is 0.306 e. The molecule has 2 N–H and O–H groups in total. The van der Waals surface area contributed by atoms with Gasteiger partial charge < -0.3 is 14.9 Å². The van der Waals surface area contributed by atoms with E-state index in [4.69, 9.17) is 9.84 Å². The molecule has 128 valence electrons. The molecular weight excluding hydrogens is 310 g/mol. The predicted octanol–water partition coefficient (Wildman–Crippen LogP) is 2.00. The summed E-state index contributed by atoms with van der Waals surface area (Å²) in [6.45, 7) is -0.129. The van der Waals surface area contributed by atoms with Gasteiger partial charge in [-0.2, -0.15) is 0 Å². The lowest BCUT2D eigenvalue weighted by Gasteiger charge is -2.27. The van der Waals surface area contributed by atoms with Gasteiger partial charge >= 0.3 is 5.97 Å². The minimum atomic E-state index is -0.738. The van der Waals surface area contributed by atoms with E-state index in [0.29, 0.717) is 23.6 Å². The molecule has 24 heavy (non-hydrogen) atoms. The predicted molar refractivity (Wildman–Crippen MR) is 86.4 cm³/mol. The monoisotopic (exact) mass is 331 g/mol. The summed E-state index contributed by atoms with van der Waals surface area (Å²) < 4.78 is 7.48. The molecule has 1 aliphatic rings. The largest absolute Gasteiger partial charge is 0.490 e. The second kappa shape index (κ2) is 7.00. The van der Waals surface area contributed by atoms with Gasteiger partial charge in [-0.3, -0.25) is 4.79 Å². The summed E-state index contributed by atoms with van der Waals surface area (Å²) in [6.07, 6.45) is 2.97. The molecule has 0 amide bonds. The lowest BCUT2D eigenvalue weighted by molar-refractivity contribution is -0.143. The van der Waals surface area contributed by atoms with Crippen molar-refractivity contribution >= 4 is 5.97 Å². The van der Waals surface area contributed by atoms with Crippen LogP contribution in [0.25, 0.3) is 11.3 Å². The number of hydrogen-bond acceptors (Lipinski definition) is 5. The molecule has 0 aliphatic heterocycles. The minimum absolute atomic E-state index is 0.0600. The number of carboxylic acids is 1. The standard InChI is InChI=1S/C17H21N3O4/c1-20-15(10-21)16(18-19-20)11-5-7-13(8-6-11)24-14-4-2-3-12(9-14)17(22)23/h5-8,12,14,21H,2-4,9-10H2,1H3,(H,22,23). The van der Waals surface area contributed by atoms with Crippen LogP contribution >= 0.6 is 0 Å². The van der Waals surface area contributed by atoms with Crippen molar-refractivity contribution in [1.29, 1.82) is 0 Å². The lowest BCUT2D eigenvalue weighted by atomic mass is 9.87. The van der Waals surface area contributed by atoms with Crippen LogP contribution in [-0.4, -0.2) is 37.3 Å². The Morgan fingerprint density at radius 2 is 2.08 bits per heavy atom. The topological polar surface area (TPSA) is 97.5 Å². The van der Waals surface area contributed by atoms with Crippen LogP contribution in [-0.2, 0) is 18.4 Å². The van der Waals surface area contributed by atoms with Crippen molar-refractivity contribution in [3.63, 3.8) is 0 Å². The summed E-state index contributed by atoms with van der Waals surface area (Å²) in [7, 11) is 1.74. The van der Waals surface area contributed by atoms with Crippen LogP contribution in [0.4, 0.5) is 0 Å². The van der Waals surface area contributed by atoms with Crippen molar-refractivity contribution in [1.82, 2.24) is 15.0 Å². The maximum absolute atomic E-state index is 11.1. The van der Waals surface area contributed by atoms with Crippen LogP contribution in [0.15, 0.2) is 24.3 Å². The molecule has 1 fully saturated rings. The molecule has 1 aromatic heterocycles. The zero-order chi connectivity index (χ0) is 17.1. The maximum Gasteiger partial charge on any atom is 0.306 e. The highest BCUT2D eigenvalue weighted by Crippen LogP contribution is 2.29. The number of ether oxygens (including phenoxy) is 1. The van der Waals surface area contributed by atoms with E-state index < -0.39 is 5.97 Å². The molecule has 2 unspecified atom stereocenters. The first-order valence-corrected chi connectivity index (χ1v) is 8.07. The van der Waals surface area contributed by atoms with Crippen LogP contribution in [0.5, 0.6) is 5.75 Å². The van der Waals surface area contributed by atoms with Gasteiger partial charge in [0.2, 0.25) is 0 Å². The molecule has 1 saturated carbocycles. The van der Waals surface area contributed by atoms with Gasteiger partial charge in [-0.05, 0) is 49.9 Å². The number of nitrogens with zero attached hydrogens (tertiary/aromatic N) is 3. The van der Waals surface area contributed by atoms with Crippen LogP contribution in [0.2, 0.25) is 0 Å². The summed E-state index contributed by atoms with van der Waals surface area (Å²) in [5.41, 5.74) is 2.15. The Morgan fingerprint density at radius 3 is 2.75 bits per heavy atom. The lowest BCUT2D eigenvalue weighted by Crippen LogP contribution is -2.29. The number of aliphatic hydroxyl groups excluding tert-OH is 1. The van der Waals surface area contributed by atoms with Gasteiger partial charge in [0.05, 0.1) is 24.3 Å². The number of aromatic nitrogens is 3. The molecule has 0 spiro atoms. The second-order valence-corrected chi connectivity index (χ2v) is 6.13. The van der Waals surface area contributed by atoms with Gasteiger partial charge in [0.25, 0.3) is 0 Å². The van der Waals surface area contributed by atoms with E-state index in [0.717, 1.165) is 24.8 Å². The van der Waals surface area contributed by atoms with Gasteiger partial charge in [0, 0.05) is 12.6 Å². The molecule has 2 aromatic rings. The number of carbonyl (C=O) groups is 1. The fraction of sp³-hybridized carbons (Fsp3) is 0.471. The number of rotatable bonds is 5. The van der Waals surface area contributed by atoms with Gasteiger partial charge in [0.1, 0.15) is 11.4 Å². The Balaban J connectivity index is 1.69. The average Bonchev–Trinajstić information content (AvgIpc) is 2.96. The Bertz CT molecular complexity index is 711. The van der Waals surface area contributed by atoms with E-state index in [1.807, 2.05) is 24.3 Å². The van der Waals surface area contributed by atoms with Crippen LogP contribution < -0.4 is 4.74 Å². The first-order chi connectivity index (χ1) is 11.6. The summed E-state index contributed by atoms with van der Waals surface area (Å²) >= 11 is 0. The number of carboxylic acid groups (broad SMARTS) is 1. The van der Waals surface area contributed by atoms with E-state index in [9.17, 15) is 9.90 Å². The first kappa shape index (κ1) is 16.4. The molecule has 3 rings (SSSR count). The SMILES string of the molecule is Cn1nnc(-c2ccc(OC3CCCC(C(=O)O)C3)cc2)c1CO. The van der Waals surface area contributed by atoms with E-state index in [1.54, 1.807) is 11.7 Å². The van der Waals surface area contributed by atoms with E-state index in [1.165, 1.54) is 0 Å². The molecule has 0 radical (unpaired) electrons. The highest BCUT2D eigenvalue weighted by Gasteiger charge is 2.28. The van der Waals surface area contributed by atoms with Crippen molar-refractivity contribution in [3.8, 4) is 17.0 Å². The zero-order valence-electron chi connectivity index (χ0n) is 13.6. The first-order valence-electron chi connectivity index (χ1n) is 8.07. The van der Waals surface area contributed by atoms with Crippen molar-refractivity contribution in [2.75, 3.05) is 0 Å². The number of aliphatic carboxylic acids is 1. The van der Waals surface area contributed by atoms with E-state index in [-0.39, 0.29) is 18.6 Å². The second-order valence-electron chi connectivity index (χ2n) is 6.13. The van der Waals surface area contributed by atoms with E-state index in [2.05, 4.69) is 10.3 Å². The molecule has 7 nitrogen and oxygen atoms in total. The third-order valence-electron chi connectivity index (χ3n) is 4.50. The van der Waals surface area contributed by atoms with Crippen LogP contribution in [0.3, 0.4) is 0 Å². The molecule has 2 atom stereocenters. The van der Waals surface area contributed by atoms with Crippen molar-refractivity contribution in [3.05, 3.63) is 30.0 Å². The summed E-state index contributed by atoms with van der Waals surface area (Å²) in [5, 5.41) is 26.6. The molecule has 1 heterocycles. The van der Waals surface area contributed by atoms with Gasteiger partial charge in [0.15, 0.2) is 0 Å². The van der Waals surface area contributed by atoms with Crippen LogP contribution in [0, 0.1) is 5.92 Å². The molecule has 1 aliphatic carbocycles. The normalized spacial score (nSPS) is 20.8. The average molecular weight is 331 g/mol. The van der Waals surface area contributed by atoms with E-state index >= 15 is 0 Å². The Labute approximate surface area is 139 Å². The molecule has 0 saturated heterocycles. The fourth-order valence-corrected chi connectivity index (χ4v) is 3.14. The summed E-state index contributed by atoms with van der Waals surface area (Å²) in [4.78, 5) is 11.1. The number of aryl methyl sites for hydroxylation is 1. The molecular formula is C17H21N3O4. The fourth-order valence-electron chi connectivity index (χ4n) is 3.14. The maximum atomic E-state index is 11.1. The van der Waals surface area contributed by atoms with Gasteiger partial charge in [-0.1, -0.05) is 5.21 Å². The van der Waals surface area contributed by atoms with Crippen LogP contribution in [0.1, 0.15) is 31.4 Å². The number of benzene rings is 1. The van der Waals surface area contributed by atoms with Crippen molar-refractivity contribution in [2.24, 2.45) is 13.0 Å². The Hall–Kier alpha value is -2.41. The van der Waals surface area contributed by atoms with Crippen molar-refractivity contribution < 1.29 is 19.7 Å². The third kappa shape index (κ3) is 3.41. The molecule has 1 aromatic carbocycles. The highest BCUT2D eigenvalue weighted by molar-refractivity contribution is 5.70. The number of aliphatic hydroxyl groups is 1. The number of hydrogen-bond donors (Lipinski definition) is 2. The summed E-state index contributed by atoms with van der Waals surface area (Å²) in [6, 6.07) is 7.43. The Morgan fingerprint density at radius 1 is 1.33 bits per heavy atom. The zero-order valence-corrected chi connectivity index (χ0v) is 13.6. The van der Waals surface area contributed by atoms with Crippen molar-refractivity contribution in [2.45, 2.75) is 38.4 Å². The molecule has 7 heteroatoms. The third-order valence-corrected chi connectivity index (χ3v) is 4.50. The quantitative estimate of drug-likeness (QED) is 0.869. The van der Waals surface area contributed by atoms with Gasteiger partial charge in [-0.15, -0.1) is 5.10 Å². The molecule has 0 bridgehead atoms.